The monoisotopic (exact) mass is 362 g/mol. The van der Waals surface area contributed by atoms with Crippen molar-refractivity contribution in [2.24, 2.45) is 0 Å². The lowest BCUT2D eigenvalue weighted by molar-refractivity contribution is -0.138. The van der Waals surface area contributed by atoms with E-state index in [0.717, 1.165) is 16.8 Å². The maximum Gasteiger partial charge on any atom is 0.303 e. The largest absolute Gasteiger partial charge is 0.481 e. The summed E-state index contributed by atoms with van der Waals surface area (Å²) in [4.78, 5) is 30.8. The van der Waals surface area contributed by atoms with Crippen molar-refractivity contribution in [3.8, 4) is 11.1 Å². The van der Waals surface area contributed by atoms with Gasteiger partial charge in [0.1, 0.15) is 11.6 Å². The molecule has 3 N–H and O–H groups in total. The van der Waals surface area contributed by atoms with Gasteiger partial charge in [-0.25, -0.2) is 9.97 Å². The Hall–Kier alpha value is -3.74. The average Bonchev–Trinajstić information content (AvgIpc) is 2.68. The van der Waals surface area contributed by atoms with Crippen LogP contribution in [-0.2, 0) is 9.59 Å². The third-order valence-corrected chi connectivity index (χ3v) is 3.73. The molecule has 7 nitrogen and oxygen atoms in total. The molecule has 0 saturated heterocycles. The average molecular weight is 362 g/mol. The summed E-state index contributed by atoms with van der Waals surface area (Å²) in [6, 6.07) is 17.0. The third kappa shape index (κ3) is 5.37. The van der Waals surface area contributed by atoms with Crippen molar-refractivity contribution >= 4 is 29.2 Å². The second-order valence-corrected chi connectivity index (χ2v) is 5.79. The number of benzene rings is 1. The van der Waals surface area contributed by atoms with Crippen LogP contribution in [0.25, 0.3) is 11.1 Å². The quantitative estimate of drug-likeness (QED) is 0.592. The molecule has 2 aromatic heterocycles. The molecule has 0 saturated carbocycles. The zero-order valence-corrected chi connectivity index (χ0v) is 14.4. The van der Waals surface area contributed by atoms with E-state index in [1.54, 1.807) is 18.5 Å². The molecular formula is C20H18N4O3. The number of aliphatic carboxylic acids is 1. The van der Waals surface area contributed by atoms with Crippen LogP contribution in [-0.4, -0.2) is 27.0 Å². The first-order chi connectivity index (χ1) is 13.1. The van der Waals surface area contributed by atoms with Crippen molar-refractivity contribution in [1.29, 1.82) is 0 Å². The topological polar surface area (TPSA) is 104 Å². The minimum Gasteiger partial charge on any atom is -0.481 e. The molecule has 0 fully saturated rings. The number of carboxylic acids is 1. The van der Waals surface area contributed by atoms with E-state index in [1.807, 2.05) is 48.5 Å². The maximum atomic E-state index is 11.8. The Kier molecular flexibility index (Phi) is 5.73. The minimum atomic E-state index is -1.01. The van der Waals surface area contributed by atoms with Gasteiger partial charge in [-0.2, -0.15) is 0 Å². The molecule has 136 valence electrons. The number of para-hydroxylation sites is 1. The molecule has 0 unspecified atom stereocenters. The molecule has 0 radical (unpaired) electrons. The van der Waals surface area contributed by atoms with E-state index in [0.29, 0.717) is 11.6 Å². The van der Waals surface area contributed by atoms with Crippen molar-refractivity contribution in [3.63, 3.8) is 0 Å². The van der Waals surface area contributed by atoms with Gasteiger partial charge in [0.15, 0.2) is 0 Å². The van der Waals surface area contributed by atoms with Gasteiger partial charge in [-0.1, -0.05) is 18.2 Å². The number of carbonyl (C=O) groups excluding carboxylic acids is 1. The molecule has 0 aliphatic rings. The Morgan fingerprint density at radius 2 is 1.48 bits per heavy atom. The first kappa shape index (κ1) is 18.1. The Morgan fingerprint density at radius 1 is 0.852 bits per heavy atom. The zero-order valence-electron chi connectivity index (χ0n) is 14.4. The van der Waals surface area contributed by atoms with Gasteiger partial charge in [0.05, 0.1) is 6.42 Å². The number of hydrogen-bond donors (Lipinski definition) is 3. The van der Waals surface area contributed by atoms with Crippen LogP contribution in [0.5, 0.6) is 0 Å². The molecule has 27 heavy (non-hydrogen) atoms. The number of amides is 1. The lowest BCUT2D eigenvalue weighted by Crippen LogP contribution is -2.14. The number of aromatic nitrogens is 2. The van der Waals surface area contributed by atoms with Crippen LogP contribution in [0, 0.1) is 0 Å². The number of rotatable bonds is 7. The second-order valence-electron chi connectivity index (χ2n) is 5.79. The summed E-state index contributed by atoms with van der Waals surface area (Å²) < 4.78 is 0. The predicted octanol–water partition coefficient (Wildman–Crippen LogP) is 3.69. The molecule has 0 aliphatic carbocycles. The van der Waals surface area contributed by atoms with Crippen LogP contribution in [0.2, 0.25) is 0 Å². The Bertz CT molecular complexity index is 945. The summed E-state index contributed by atoms with van der Waals surface area (Å²) in [5.41, 5.74) is 2.70. The van der Waals surface area contributed by atoms with Crippen molar-refractivity contribution in [2.75, 3.05) is 10.6 Å². The van der Waals surface area contributed by atoms with E-state index >= 15 is 0 Å². The van der Waals surface area contributed by atoms with Gasteiger partial charge in [0.25, 0.3) is 0 Å². The van der Waals surface area contributed by atoms with E-state index in [2.05, 4.69) is 20.6 Å². The van der Waals surface area contributed by atoms with Gasteiger partial charge in [0.2, 0.25) is 5.91 Å². The summed E-state index contributed by atoms with van der Waals surface area (Å²) >= 11 is 0. The van der Waals surface area contributed by atoms with Crippen molar-refractivity contribution in [3.05, 3.63) is 67.0 Å². The van der Waals surface area contributed by atoms with Crippen molar-refractivity contribution in [1.82, 2.24) is 9.97 Å². The number of anilines is 3. The van der Waals surface area contributed by atoms with Crippen LogP contribution >= 0.6 is 0 Å². The first-order valence-electron chi connectivity index (χ1n) is 8.36. The number of carboxylic acid groups (broad SMARTS) is 1. The lowest BCUT2D eigenvalue weighted by atomic mass is 10.1. The fraction of sp³-hybridized carbons (Fsp3) is 0.100. The summed E-state index contributed by atoms with van der Waals surface area (Å²) in [7, 11) is 0. The Morgan fingerprint density at radius 3 is 2.15 bits per heavy atom. The number of hydrogen-bond acceptors (Lipinski definition) is 5. The highest BCUT2D eigenvalue weighted by atomic mass is 16.4. The van der Waals surface area contributed by atoms with Crippen molar-refractivity contribution in [2.45, 2.75) is 12.8 Å². The van der Waals surface area contributed by atoms with Crippen LogP contribution in [0.15, 0.2) is 67.0 Å². The second kappa shape index (κ2) is 8.57. The number of carbonyl (C=O) groups is 2. The van der Waals surface area contributed by atoms with Crippen LogP contribution in [0.1, 0.15) is 12.8 Å². The van der Waals surface area contributed by atoms with E-state index in [1.165, 1.54) is 0 Å². The predicted molar refractivity (Wildman–Crippen MR) is 103 cm³/mol. The fourth-order valence-corrected chi connectivity index (χ4v) is 2.45. The van der Waals surface area contributed by atoms with E-state index < -0.39 is 5.97 Å². The molecular weight excluding hydrogens is 344 g/mol. The van der Waals surface area contributed by atoms with Crippen LogP contribution in [0.3, 0.4) is 0 Å². The molecule has 0 spiro atoms. The lowest BCUT2D eigenvalue weighted by Gasteiger charge is -2.09. The number of nitrogens with one attached hydrogen (secondary N) is 2. The molecule has 7 heteroatoms. The number of nitrogens with zero attached hydrogens (tertiary/aromatic N) is 2. The Labute approximate surface area is 156 Å². The van der Waals surface area contributed by atoms with Crippen LogP contribution < -0.4 is 10.6 Å². The standard InChI is InChI=1S/C20H18N4O3/c25-19(6-7-20(26)27)24-18-13-15(9-11-22-18)14-8-10-21-17(12-14)23-16-4-2-1-3-5-16/h1-5,8-13H,6-7H2,(H,21,23)(H,26,27)(H,22,24,25). The Balaban J connectivity index is 1.74. The minimum absolute atomic E-state index is 0.0956. The first-order valence-corrected chi connectivity index (χ1v) is 8.36. The molecule has 0 atom stereocenters. The molecule has 0 bridgehead atoms. The normalized spacial score (nSPS) is 10.2. The third-order valence-electron chi connectivity index (χ3n) is 3.73. The van der Waals surface area contributed by atoms with Crippen LogP contribution in [0.4, 0.5) is 17.3 Å². The SMILES string of the molecule is O=C(O)CCC(=O)Nc1cc(-c2ccnc(Nc3ccccc3)c2)ccn1. The smallest absolute Gasteiger partial charge is 0.303 e. The number of pyridine rings is 2. The molecule has 3 rings (SSSR count). The van der Waals surface area contributed by atoms with E-state index in [9.17, 15) is 9.59 Å². The zero-order chi connectivity index (χ0) is 19.1. The molecule has 1 amide bonds. The highest BCUT2D eigenvalue weighted by molar-refractivity contribution is 5.92. The highest BCUT2D eigenvalue weighted by Gasteiger charge is 2.08. The molecule has 3 aromatic rings. The van der Waals surface area contributed by atoms with Gasteiger partial charge >= 0.3 is 5.97 Å². The van der Waals surface area contributed by atoms with Crippen molar-refractivity contribution < 1.29 is 14.7 Å². The maximum absolute atomic E-state index is 11.8. The van der Waals surface area contributed by atoms with Gasteiger partial charge < -0.3 is 15.7 Å². The van der Waals surface area contributed by atoms with E-state index in [4.69, 9.17) is 5.11 Å². The molecule has 1 aromatic carbocycles. The summed E-state index contributed by atoms with van der Waals surface area (Å²) in [5, 5.41) is 14.5. The molecule has 2 heterocycles. The summed E-state index contributed by atoms with van der Waals surface area (Å²) in [6.45, 7) is 0. The van der Waals surface area contributed by atoms with E-state index in [-0.39, 0.29) is 18.7 Å². The highest BCUT2D eigenvalue weighted by Crippen LogP contribution is 2.24. The van der Waals surface area contributed by atoms with Gasteiger partial charge in [-0.05, 0) is 47.5 Å². The fourth-order valence-electron chi connectivity index (χ4n) is 2.45. The van der Waals surface area contributed by atoms with Gasteiger partial charge in [-0.3, -0.25) is 9.59 Å². The van der Waals surface area contributed by atoms with Gasteiger partial charge in [0, 0.05) is 24.5 Å². The summed E-state index contributed by atoms with van der Waals surface area (Å²) in [5.74, 6) is -0.329. The molecule has 0 aliphatic heterocycles. The van der Waals surface area contributed by atoms with Gasteiger partial charge in [-0.15, -0.1) is 0 Å². The summed E-state index contributed by atoms with van der Waals surface area (Å²) in [6.07, 6.45) is 2.98.